The summed E-state index contributed by atoms with van der Waals surface area (Å²) in [5, 5.41) is 0. The minimum absolute atomic E-state index is 0.171. The van der Waals surface area contributed by atoms with Crippen molar-refractivity contribution >= 4 is 0 Å². The molecular weight excluding hydrogens is 258 g/mol. The number of likely N-dealkylation sites (tertiary alicyclic amines) is 1. The molecule has 2 saturated heterocycles. The van der Waals surface area contributed by atoms with Crippen molar-refractivity contribution in [3.05, 3.63) is 35.4 Å². The molecule has 0 amide bonds. The lowest BCUT2D eigenvalue weighted by atomic mass is 9.99. The molecule has 3 heteroatoms. The van der Waals surface area contributed by atoms with E-state index in [4.69, 9.17) is 5.73 Å². The van der Waals surface area contributed by atoms with Gasteiger partial charge < -0.3 is 10.6 Å². The van der Waals surface area contributed by atoms with Crippen LogP contribution in [0.3, 0.4) is 0 Å². The minimum atomic E-state index is 0.171. The molecule has 2 aliphatic heterocycles. The molecule has 1 aromatic carbocycles. The SMILES string of the molecule is Cc1ccccc1C(N)CCN1CCC2CCC(C1)N2C. The van der Waals surface area contributed by atoms with Crippen LogP contribution in [0.5, 0.6) is 0 Å². The molecule has 3 nitrogen and oxygen atoms in total. The Labute approximate surface area is 129 Å². The molecule has 0 aromatic heterocycles. The Morgan fingerprint density at radius 3 is 2.76 bits per heavy atom. The lowest BCUT2D eigenvalue weighted by Crippen LogP contribution is -2.37. The molecule has 0 saturated carbocycles. The fourth-order valence-electron chi connectivity index (χ4n) is 4.06. The van der Waals surface area contributed by atoms with E-state index in [0.29, 0.717) is 0 Å². The van der Waals surface area contributed by atoms with E-state index in [2.05, 4.69) is 48.0 Å². The summed E-state index contributed by atoms with van der Waals surface area (Å²) >= 11 is 0. The van der Waals surface area contributed by atoms with E-state index in [9.17, 15) is 0 Å². The van der Waals surface area contributed by atoms with Crippen LogP contribution in [-0.4, -0.2) is 48.6 Å². The number of fused-ring (bicyclic) bond motifs is 2. The fourth-order valence-corrected chi connectivity index (χ4v) is 4.06. The van der Waals surface area contributed by atoms with Crippen molar-refractivity contribution < 1.29 is 0 Å². The summed E-state index contributed by atoms with van der Waals surface area (Å²) in [4.78, 5) is 5.25. The number of aryl methyl sites for hydroxylation is 1. The van der Waals surface area contributed by atoms with Gasteiger partial charge in [-0.1, -0.05) is 24.3 Å². The van der Waals surface area contributed by atoms with E-state index in [0.717, 1.165) is 25.0 Å². The standard InChI is InChI=1S/C18H29N3/c1-14-5-3-4-6-17(14)18(19)10-12-21-11-9-15-7-8-16(13-21)20(15)2/h3-6,15-16,18H,7-13,19H2,1-2H3. The van der Waals surface area contributed by atoms with Gasteiger partial charge in [-0.15, -0.1) is 0 Å². The molecule has 2 heterocycles. The normalized spacial score (nSPS) is 28.5. The molecule has 3 unspecified atom stereocenters. The maximum atomic E-state index is 6.42. The molecule has 116 valence electrons. The Hall–Kier alpha value is -0.900. The van der Waals surface area contributed by atoms with Crippen LogP contribution in [0.15, 0.2) is 24.3 Å². The van der Waals surface area contributed by atoms with Crippen LogP contribution in [0.1, 0.15) is 42.9 Å². The molecule has 0 radical (unpaired) electrons. The van der Waals surface area contributed by atoms with E-state index >= 15 is 0 Å². The van der Waals surface area contributed by atoms with Crippen molar-refractivity contribution in [2.45, 2.75) is 50.7 Å². The summed E-state index contributed by atoms with van der Waals surface area (Å²) in [6, 6.07) is 10.3. The average molecular weight is 287 g/mol. The highest BCUT2D eigenvalue weighted by molar-refractivity contribution is 5.28. The van der Waals surface area contributed by atoms with Crippen LogP contribution in [0.25, 0.3) is 0 Å². The fraction of sp³-hybridized carbons (Fsp3) is 0.667. The molecule has 0 spiro atoms. The van der Waals surface area contributed by atoms with Gasteiger partial charge >= 0.3 is 0 Å². The lowest BCUT2D eigenvalue weighted by molar-refractivity contribution is 0.215. The van der Waals surface area contributed by atoms with Crippen molar-refractivity contribution in [2.75, 3.05) is 26.7 Å². The van der Waals surface area contributed by atoms with Crippen LogP contribution < -0.4 is 5.73 Å². The smallest absolute Gasteiger partial charge is 0.0309 e. The highest BCUT2D eigenvalue weighted by atomic mass is 15.3. The van der Waals surface area contributed by atoms with Crippen molar-refractivity contribution in [1.82, 2.24) is 9.80 Å². The second kappa shape index (κ2) is 6.47. The van der Waals surface area contributed by atoms with Gasteiger partial charge in [0.1, 0.15) is 0 Å². The van der Waals surface area contributed by atoms with Crippen LogP contribution in [0, 0.1) is 6.92 Å². The summed E-state index contributed by atoms with van der Waals surface area (Å²) in [6.07, 6.45) is 5.16. The highest BCUT2D eigenvalue weighted by Gasteiger charge is 2.34. The highest BCUT2D eigenvalue weighted by Crippen LogP contribution is 2.29. The number of nitrogens with zero attached hydrogens (tertiary/aromatic N) is 2. The zero-order valence-electron chi connectivity index (χ0n) is 13.5. The molecule has 21 heavy (non-hydrogen) atoms. The third-order valence-electron chi connectivity index (χ3n) is 5.58. The van der Waals surface area contributed by atoms with E-state index in [1.54, 1.807) is 0 Å². The van der Waals surface area contributed by atoms with Crippen molar-refractivity contribution in [3.8, 4) is 0 Å². The Morgan fingerprint density at radius 1 is 1.19 bits per heavy atom. The number of nitrogens with two attached hydrogens (primary N) is 1. The van der Waals surface area contributed by atoms with Gasteiger partial charge in [-0.05, 0) is 57.3 Å². The maximum Gasteiger partial charge on any atom is 0.0309 e. The Balaban J connectivity index is 1.54. The number of hydrogen-bond acceptors (Lipinski definition) is 3. The largest absolute Gasteiger partial charge is 0.324 e. The Bertz CT molecular complexity index is 473. The molecule has 2 bridgehead atoms. The van der Waals surface area contributed by atoms with E-state index in [1.165, 1.54) is 43.5 Å². The van der Waals surface area contributed by atoms with Crippen molar-refractivity contribution in [2.24, 2.45) is 5.73 Å². The first-order valence-electron chi connectivity index (χ1n) is 8.40. The second-order valence-electron chi connectivity index (χ2n) is 6.89. The summed E-state index contributed by atoms with van der Waals surface area (Å²) < 4.78 is 0. The maximum absolute atomic E-state index is 6.42. The van der Waals surface area contributed by atoms with Crippen LogP contribution in [-0.2, 0) is 0 Å². The van der Waals surface area contributed by atoms with Crippen molar-refractivity contribution in [1.29, 1.82) is 0 Å². The first kappa shape index (κ1) is 15.0. The van der Waals surface area contributed by atoms with Crippen molar-refractivity contribution in [3.63, 3.8) is 0 Å². The quantitative estimate of drug-likeness (QED) is 0.924. The Morgan fingerprint density at radius 2 is 1.95 bits per heavy atom. The van der Waals surface area contributed by atoms with Crippen LogP contribution >= 0.6 is 0 Å². The third kappa shape index (κ3) is 3.31. The van der Waals surface area contributed by atoms with Gasteiger partial charge in [0.25, 0.3) is 0 Å². The monoisotopic (exact) mass is 287 g/mol. The number of rotatable bonds is 4. The molecule has 2 aliphatic rings. The van der Waals surface area contributed by atoms with Crippen LogP contribution in [0.4, 0.5) is 0 Å². The number of benzene rings is 1. The molecule has 2 fully saturated rings. The molecule has 1 aromatic rings. The predicted molar refractivity (Wildman–Crippen MR) is 88.4 cm³/mol. The van der Waals surface area contributed by atoms with Gasteiger partial charge in [-0.3, -0.25) is 4.90 Å². The van der Waals surface area contributed by atoms with E-state index < -0.39 is 0 Å². The molecular formula is C18H29N3. The Kier molecular flexibility index (Phi) is 4.63. The van der Waals surface area contributed by atoms with E-state index in [-0.39, 0.29) is 6.04 Å². The zero-order valence-corrected chi connectivity index (χ0v) is 13.5. The van der Waals surface area contributed by atoms with Gasteiger partial charge in [-0.25, -0.2) is 0 Å². The summed E-state index contributed by atoms with van der Waals surface area (Å²) in [6.45, 7) is 5.76. The van der Waals surface area contributed by atoms with Gasteiger partial charge in [0.05, 0.1) is 0 Å². The number of hydrogen-bond donors (Lipinski definition) is 1. The molecule has 3 rings (SSSR count). The van der Waals surface area contributed by atoms with Gasteiger partial charge in [0.15, 0.2) is 0 Å². The van der Waals surface area contributed by atoms with Gasteiger partial charge in [-0.2, -0.15) is 0 Å². The first-order valence-corrected chi connectivity index (χ1v) is 8.40. The van der Waals surface area contributed by atoms with E-state index in [1.807, 2.05) is 0 Å². The van der Waals surface area contributed by atoms with Gasteiger partial charge in [0.2, 0.25) is 0 Å². The lowest BCUT2D eigenvalue weighted by Gasteiger charge is -2.27. The minimum Gasteiger partial charge on any atom is -0.324 e. The predicted octanol–water partition coefficient (Wildman–Crippen LogP) is 2.55. The molecule has 3 atom stereocenters. The van der Waals surface area contributed by atoms with Gasteiger partial charge in [0, 0.05) is 31.2 Å². The topological polar surface area (TPSA) is 32.5 Å². The van der Waals surface area contributed by atoms with Crippen LogP contribution in [0.2, 0.25) is 0 Å². The molecule has 0 aliphatic carbocycles. The summed E-state index contributed by atoms with van der Waals surface area (Å²) in [5.41, 5.74) is 9.05. The average Bonchev–Trinajstić information content (AvgIpc) is 2.72. The third-order valence-corrected chi connectivity index (χ3v) is 5.58. The summed E-state index contributed by atoms with van der Waals surface area (Å²) in [7, 11) is 2.31. The summed E-state index contributed by atoms with van der Waals surface area (Å²) in [5.74, 6) is 0. The number of likely N-dealkylation sites (N-methyl/N-ethyl adjacent to an activating group) is 1. The molecule has 2 N–H and O–H groups in total. The first-order chi connectivity index (χ1) is 10.1. The second-order valence-corrected chi connectivity index (χ2v) is 6.89. The zero-order chi connectivity index (χ0) is 14.8.